The van der Waals surface area contributed by atoms with Crippen molar-refractivity contribution < 1.29 is 19.1 Å². The number of nitrogens with zero attached hydrogens (tertiary/aromatic N) is 3. The Morgan fingerprint density at radius 1 is 1.36 bits per heavy atom. The minimum absolute atomic E-state index is 0.0359. The number of rotatable bonds is 4. The first-order valence-electron chi connectivity index (χ1n) is 7.89. The highest BCUT2D eigenvalue weighted by molar-refractivity contribution is 7.15. The molecule has 1 N–H and O–H groups in total. The third kappa shape index (κ3) is 3.14. The predicted octanol–water partition coefficient (Wildman–Crippen LogP) is 1.70. The molecule has 0 radical (unpaired) electrons. The molecular formula is C16H16N4O4S. The molecule has 3 heterocycles. The van der Waals surface area contributed by atoms with Gasteiger partial charge in [-0.15, -0.1) is 10.2 Å². The minimum atomic E-state index is -0.512. The number of amides is 2. The summed E-state index contributed by atoms with van der Waals surface area (Å²) < 4.78 is 10.7. The normalized spacial score (nSPS) is 18.7. The Kier molecular flexibility index (Phi) is 4.00. The Bertz CT molecular complexity index is 837. The second-order valence-corrected chi connectivity index (χ2v) is 7.06. The molecule has 0 bridgehead atoms. The third-order valence-corrected chi connectivity index (χ3v) is 4.93. The Morgan fingerprint density at radius 3 is 3.00 bits per heavy atom. The van der Waals surface area contributed by atoms with Gasteiger partial charge in [-0.05, 0) is 31.0 Å². The first kappa shape index (κ1) is 15.8. The standard InChI is InChI=1S/C16H16N4O4S/c1-9-18-19-16(25-9)17-15(22)11-3-5-14(21)20(11)7-10-2-4-12-13(6-10)24-8-23-12/h2,4,6,11H,3,5,7-8H2,1H3,(H,17,19,22). The van der Waals surface area contributed by atoms with Crippen LogP contribution in [-0.2, 0) is 16.1 Å². The number of benzene rings is 1. The van der Waals surface area contributed by atoms with E-state index in [0.717, 1.165) is 10.6 Å². The van der Waals surface area contributed by atoms with Crippen molar-refractivity contribution in [3.8, 4) is 11.5 Å². The van der Waals surface area contributed by atoms with Gasteiger partial charge in [0, 0.05) is 13.0 Å². The van der Waals surface area contributed by atoms with Crippen LogP contribution in [-0.4, -0.2) is 39.7 Å². The minimum Gasteiger partial charge on any atom is -0.454 e. The van der Waals surface area contributed by atoms with Gasteiger partial charge in [0.15, 0.2) is 11.5 Å². The van der Waals surface area contributed by atoms with Crippen LogP contribution in [0.1, 0.15) is 23.4 Å². The number of aromatic nitrogens is 2. The molecule has 1 fully saturated rings. The summed E-state index contributed by atoms with van der Waals surface area (Å²) in [4.78, 5) is 26.4. The number of hydrogen-bond acceptors (Lipinski definition) is 7. The van der Waals surface area contributed by atoms with E-state index in [1.165, 1.54) is 11.3 Å². The van der Waals surface area contributed by atoms with Gasteiger partial charge in [0.2, 0.25) is 23.7 Å². The number of aryl methyl sites for hydroxylation is 1. The Hall–Kier alpha value is -2.68. The zero-order valence-corrected chi connectivity index (χ0v) is 14.3. The number of nitrogens with one attached hydrogen (secondary N) is 1. The van der Waals surface area contributed by atoms with Crippen molar-refractivity contribution >= 4 is 28.3 Å². The Labute approximate surface area is 147 Å². The summed E-state index contributed by atoms with van der Waals surface area (Å²) in [6.45, 7) is 2.37. The lowest BCUT2D eigenvalue weighted by atomic mass is 10.1. The van der Waals surface area contributed by atoms with Crippen LogP contribution in [0.3, 0.4) is 0 Å². The van der Waals surface area contributed by atoms with Gasteiger partial charge in [-0.1, -0.05) is 17.4 Å². The predicted molar refractivity (Wildman–Crippen MR) is 89.4 cm³/mol. The van der Waals surface area contributed by atoms with E-state index in [0.29, 0.717) is 36.0 Å². The van der Waals surface area contributed by atoms with Crippen LogP contribution in [0.4, 0.5) is 5.13 Å². The second kappa shape index (κ2) is 6.32. The van der Waals surface area contributed by atoms with E-state index in [4.69, 9.17) is 9.47 Å². The van der Waals surface area contributed by atoms with Crippen molar-refractivity contribution in [3.63, 3.8) is 0 Å². The number of anilines is 1. The number of carbonyl (C=O) groups excluding carboxylic acids is 2. The van der Waals surface area contributed by atoms with Gasteiger partial charge in [0.05, 0.1) is 0 Å². The molecular weight excluding hydrogens is 344 g/mol. The fourth-order valence-corrected chi connectivity index (χ4v) is 3.57. The zero-order valence-electron chi connectivity index (χ0n) is 13.5. The average molecular weight is 360 g/mol. The summed E-state index contributed by atoms with van der Waals surface area (Å²) in [6, 6.07) is 5.03. The van der Waals surface area contributed by atoms with Crippen LogP contribution in [0.5, 0.6) is 11.5 Å². The molecule has 0 aliphatic carbocycles. The monoisotopic (exact) mass is 360 g/mol. The summed E-state index contributed by atoms with van der Waals surface area (Å²) in [7, 11) is 0. The lowest BCUT2D eigenvalue weighted by Gasteiger charge is -2.23. The van der Waals surface area contributed by atoms with Crippen LogP contribution in [0.2, 0.25) is 0 Å². The van der Waals surface area contributed by atoms with Gasteiger partial charge in [0.25, 0.3) is 0 Å². The lowest BCUT2D eigenvalue weighted by molar-refractivity contribution is -0.133. The highest BCUT2D eigenvalue weighted by atomic mass is 32.1. The van der Waals surface area contributed by atoms with Crippen LogP contribution in [0.15, 0.2) is 18.2 Å². The summed E-state index contributed by atoms with van der Waals surface area (Å²) in [5.74, 6) is 1.08. The van der Waals surface area contributed by atoms with Crippen molar-refractivity contribution in [3.05, 3.63) is 28.8 Å². The first-order chi connectivity index (χ1) is 12.1. The highest BCUT2D eigenvalue weighted by Crippen LogP contribution is 2.33. The van der Waals surface area contributed by atoms with Gasteiger partial charge in [0.1, 0.15) is 11.0 Å². The van der Waals surface area contributed by atoms with E-state index in [2.05, 4.69) is 15.5 Å². The van der Waals surface area contributed by atoms with Crippen LogP contribution in [0, 0.1) is 6.92 Å². The first-order valence-corrected chi connectivity index (χ1v) is 8.71. The molecule has 1 saturated heterocycles. The Morgan fingerprint density at radius 2 is 2.20 bits per heavy atom. The van der Waals surface area contributed by atoms with Gasteiger partial charge >= 0.3 is 0 Å². The molecule has 130 valence electrons. The van der Waals surface area contributed by atoms with Crippen molar-refractivity contribution in [2.75, 3.05) is 12.1 Å². The average Bonchev–Trinajstić information content (AvgIpc) is 3.29. The van der Waals surface area contributed by atoms with Crippen LogP contribution in [0.25, 0.3) is 0 Å². The molecule has 2 aliphatic heterocycles. The highest BCUT2D eigenvalue weighted by Gasteiger charge is 2.36. The largest absolute Gasteiger partial charge is 0.454 e. The number of fused-ring (bicyclic) bond motifs is 1. The fourth-order valence-electron chi connectivity index (χ4n) is 2.98. The fraction of sp³-hybridized carbons (Fsp3) is 0.375. The molecule has 0 spiro atoms. The van der Waals surface area contributed by atoms with Gasteiger partial charge in [-0.25, -0.2) is 0 Å². The quantitative estimate of drug-likeness (QED) is 0.892. The summed E-state index contributed by atoms with van der Waals surface area (Å²) >= 11 is 1.31. The number of ether oxygens (including phenoxy) is 2. The van der Waals surface area contributed by atoms with E-state index in [1.807, 2.05) is 25.1 Å². The summed E-state index contributed by atoms with van der Waals surface area (Å²) in [5, 5.41) is 11.7. The molecule has 8 nitrogen and oxygen atoms in total. The molecule has 25 heavy (non-hydrogen) atoms. The molecule has 1 aromatic heterocycles. The molecule has 1 aromatic carbocycles. The lowest BCUT2D eigenvalue weighted by Crippen LogP contribution is -2.41. The SMILES string of the molecule is Cc1nnc(NC(=O)C2CCC(=O)N2Cc2ccc3c(c2)OCO3)s1. The molecule has 4 rings (SSSR count). The van der Waals surface area contributed by atoms with Crippen molar-refractivity contribution in [2.24, 2.45) is 0 Å². The van der Waals surface area contributed by atoms with Crippen LogP contribution >= 0.6 is 11.3 Å². The van der Waals surface area contributed by atoms with E-state index in [1.54, 1.807) is 4.90 Å². The smallest absolute Gasteiger partial charge is 0.249 e. The maximum Gasteiger partial charge on any atom is 0.249 e. The van der Waals surface area contributed by atoms with E-state index in [-0.39, 0.29) is 18.6 Å². The van der Waals surface area contributed by atoms with E-state index >= 15 is 0 Å². The number of likely N-dealkylation sites (tertiary alicyclic amines) is 1. The third-order valence-electron chi connectivity index (χ3n) is 4.18. The van der Waals surface area contributed by atoms with Gasteiger partial charge < -0.3 is 14.4 Å². The van der Waals surface area contributed by atoms with Crippen LogP contribution < -0.4 is 14.8 Å². The van der Waals surface area contributed by atoms with E-state index < -0.39 is 6.04 Å². The number of carbonyl (C=O) groups is 2. The topological polar surface area (TPSA) is 93.7 Å². The molecule has 1 unspecified atom stereocenters. The van der Waals surface area contributed by atoms with Crippen molar-refractivity contribution in [1.82, 2.24) is 15.1 Å². The molecule has 1 atom stereocenters. The maximum absolute atomic E-state index is 12.5. The van der Waals surface area contributed by atoms with Crippen molar-refractivity contribution in [1.29, 1.82) is 0 Å². The van der Waals surface area contributed by atoms with Gasteiger partial charge in [-0.3, -0.25) is 14.9 Å². The molecule has 9 heteroatoms. The maximum atomic E-state index is 12.5. The summed E-state index contributed by atoms with van der Waals surface area (Å²) in [5.41, 5.74) is 0.893. The number of hydrogen-bond donors (Lipinski definition) is 1. The molecule has 0 saturated carbocycles. The Balaban J connectivity index is 1.48. The second-order valence-electron chi connectivity index (χ2n) is 5.88. The molecule has 2 aromatic rings. The molecule has 2 aliphatic rings. The van der Waals surface area contributed by atoms with E-state index in [9.17, 15) is 9.59 Å². The zero-order chi connectivity index (χ0) is 17.4. The van der Waals surface area contributed by atoms with Gasteiger partial charge in [-0.2, -0.15) is 0 Å². The summed E-state index contributed by atoms with van der Waals surface area (Å²) in [6.07, 6.45) is 0.852. The molecule has 2 amide bonds. The van der Waals surface area contributed by atoms with Crippen molar-refractivity contribution in [2.45, 2.75) is 32.4 Å².